The molecule has 4 nitrogen and oxygen atoms in total. The molecule has 1 saturated carbocycles. The third-order valence-corrected chi connectivity index (χ3v) is 3.50. The van der Waals surface area contributed by atoms with Gasteiger partial charge in [-0.2, -0.15) is 13.2 Å². The van der Waals surface area contributed by atoms with Crippen molar-refractivity contribution >= 4 is 27.6 Å². The molecule has 1 aliphatic rings. The molecule has 2 rings (SSSR count). The second-order valence-corrected chi connectivity index (χ2v) is 5.32. The average molecular weight is 338 g/mol. The van der Waals surface area contributed by atoms with E-state index in [-0.39, 0.29) is 12.8 Å². The molecule has 1 heterocycles. The summed E-state index contributed by atoms with van der Waals surface area (Å²) in [6.07, 6.45) is -1.28. The van der Waals surface area contributed by atoms with Gasteiger partial charge in [0.2, 0.25) is 0 Å². The van der Waals surface area contributed by atoms with Crippen LogP contribution in [-0.4, -0.2) is 22.7 Å². The van der Waals surface area contributed by atoms with Crippen LogP contribution in [0.4, 0.5) is 23.7 Å². The van der Waals surface area contributed by atoms with Crippen LogP contribution >= 0.6 is 15.9 Å². The summed E-state index contributed by atoms with van der Waals surface area (Å²) >= 11 is 3.16. The summed E-state index contributed by atoms with van der Waals surface area (Å²) in [5.41, 5.74) is -1.76. The van der Waals surface area contributed by atoms with Gasteiger partial charge in [0.15, 0.2) is 0 Å². The number of urea groups is 1. The summed E-state index contributed by atoms with van der Waals surface area (Å²) in [4.78, 5) is 15.4. The first-order chi connectivity index (χ1) is 8.82. The molecule has 19 heavy (non-hydrogen) atoms. The van der Waals surface area contributed by atoms with Crippen LogP contribution in [0.1, 0.15) is 19.3 Å². The molecular weight excluding hydrogens is 327 g/mol. The van der Waals surface area contributed by atoms with Crippen LogP contribution in [0.15, 0.2) is 22.9 Å². The molecule has 0 aliphatic heterocycles. The van der Waals surface area contributed by atoms with Gasteiger partial charge in [-0.25, -0.2) is 4.79 Å². The Hall–Kier alpha value is -1.31. The van der Waals surface area contributed by atoms with Gasteiger partial charge < -0.3 is 10.6 Å². The largest absolute Gasteiger partial charge is 0.411 e. The molecule has 0 saturated heterocycles. The number of nitrogens with zero attached hydrogens (tertiary/aromatic N) is 1. The van der Waals surface area contributed by atoms with Crippen LogP contribution in [0.3, 0.4) is 0 Å². The molecule has 2 amide bonds. The van der Waals surface area contributed by atoms with E-state index in [1.165, 1.54) is 12.4 Å². The van der Waals surface area contributed by atoms with E-state index in [2.05, 4.69) is 26.2 Å². The maximum Gasteiger partial charge on any atom is 0.411 e. The SMILES string of the molecule is O=C(Nc1cncc(Br)c1)NC1(C(F)(F)F)CCC1. The lowest BCUT2D eigenvalue weighted by molar-refractivity contribution is -0.214. The number of rotatable bonds is 2. The van der Waals surface area contributed by atoms with Gasteiger partial charge in [-0.1, -0.05) is 0 Å². The highest BCUT2D eigenvalue weighted by Crippen LogP contribution is 2.45. The number of halogens is 4. The van der Waals surface area contributed by atoms with Crippen molar-refractivity contribution in [1.29, 1.82) is 0 Å². The summed E-state index contributed by atoms with van der Waals surface area (Å²) in [6, 6.07) is 0.671. The van der Waals surface area contributed by atoms with Gasteiger partial charge in [0, 0.05) is 10.7 Å². The van der Waals surface area contributed by atoms with Gasteiger partial charge in [-0.05, 0) is 41.3 Å². The number of hydrogen-bond donors (Lipinski definition) is 2. The second-order valence-electron chi connectivity index (χ2n) is 4.40. The van der Waals surface area contributed by atoms with E-state index in [1.807, 2.05) is 5.32 Å². The molecule has 1 aromatic heterocycles. The monoisotopic (exact) mass is 337 g/mol. The van der Waals surface area contributed by atoms with Crippen molar-refractivity contribution in [2.24, 2.45) is 0 Å². The summed E-state index contributed by atoms with van der Waals surface area (Å²) in [5, 5.41) is 4.36. The number of alkyl halides is 3. The van der Waals surface area contributed by atoms with Gasteiger partial charge >= 0.3 is 12.2 Å². The van der Waals surface area contributed by atoms with Crippen molar-refractivity contribution < 1.29 is 18.0 Å². The Kier molecular flexibility index (Phi) is 3.71. The molecule has 104 valence electrons. The van der Waals surface area contributed by atoms with Crippen molar-refractivity contribution in [1.82, 2.24) is 10.3 Å². The number of aromatic nitrogens is 1. The summed E-state index contributed by atoms with van der Waals surface area (Å²) in [7, 11) is 0. The third-order valence-electron chi connectivity index (χ3n) is 3.07. The van der Waals surface area contributed by atoms with E-state index >= 15 is 0 Å². The smallest absolute Gasteiger partial charge is 0.323 e. The van der Waals surface area contributed by atoms with E-state index in [1.54, 1.807) is 6.07 Å². The minimum Gasteiger partial charge on any atom is -0.323 e. The van der Waals surface area contributed by atoms with Gasteiger partial charge in [0.05, 0.1) is 11.9 Å². The molecule has 0 bridgehead atoms. The summed E-state index contributed by atoms with van der Waals surface area (Å²) in [5.74, 6) is 0. The molecular formula is C11H11BrF3N3O. The fraction of sp³-hybridized carbons (Fsp3) is 0.455. The van der Waals surface area contributed by atoms with Crippen molar-refractivity contribution in [2.45, 2.75) is 31.0 Å². The summed E-state index contributed by atoms with van der Waals surface area (Å²) in [6.45, 7) is 0. The summed E-state index contributed by atoms with van der Waals surface area (Å²) < 4.78 is 39.2. The lowest BCUT2D eigenvalue weighted by Gasteiger charge is -2.43. The molecule has 0 aromatic carbocycles. The fourth-order valence-corrected chi connectivity index (χ4v) is 2.23. The first-order valence-electron chi connectivity index (χ1n) is 5.59. The number of nitrogens with one attached hydrogen (secondary N) is 2. The molecule has 8 heteroatoms. The van der Waals surface area contributed by atoms with Gasteiger partial charge in [-0.3, -0.25) is 4.98 Å². The normalized spacial score (nSPS) is 17.5. The Balaban J connectivity index is 2.02. The Morgan fingerprint density at radius 1 is 1.37 bits per heavy atom. The van der Waals surface area contributed by atoms with Crippen LogP contribution in [0.5, 0.6) is 0 Å². The number of pyridine rings is 1. The van der Waals surface area contributed by atoms with Crippen LogP contribution in [0.25, 0.3) is 0 Å². The predicted molar refractivity (Wildman–Crippen MR) is 66.7 cm³/mol. The van der Waals surface area contributed by atoms with Crippen molar-refractivity contribution in [3.8, 4) is 0 Å². The van der Waals surface area contributed by atoms with Crippen molar-refractivity contribution in [2.75, 3.05) is 5.32 Å². The topological polar surface area (TPSA) is 54.0 Å². The molecule has 1 aliphatic carbocycles. The average Bonchev–Trinajstić information content (AvgIpc) is 2.21. The molecule has 0 unspecified atom stereocenters. The highest BCUT2D eigenvalue weighted by Gasteiger charge is 2.59. The molecule has 0 atom stereocenters. The van der Waals surface area contributed by atoms with Crippen molar-refractivity contribution in [3.63, 3.8) is 0 Å². The Labute approximate surface area is 115 Å². The van der Waals surface area contributed by atoms with Crippen LogP contribution in [0, 0.1) is 0 Å². The number of anilines is 1. The van der Waals surface area contributed by atoms with E-state index in [9.17, 15) is 18.0 Å². The maximum atomic E-state index is 12.9. The zero-order valence-electron chi connectivity index (χ0n) is 9.72. The standard InChI is InChI=1S/C11H11BrF3N3O/c12-7-4-8(6-16-5-7)17-9(19)18-10(2-1-3-10)11(13,14)15/h4-6H,1-3H2,(H2,17,18,19). The minimum atomic E-state index is -4.43. The maximum absolute atomic E-state index is 12.9. The van der Waals surface area contributed by atoms with E-state index in [0.717, 1.165) is 0 Å². The van der Waals surface area contributed by atoms with Crippen molar-refractivity contribution in [3.05, 3.63) is 22.9 Å². The van der Waals surface area contributed by atoms with E-state index < -0.39 is 17.7 Å². The first-order valence-corrected chi connectivity index (χ1v) is 6.38. The Morgan fingerprint density at radius 3 is 2.53 bits per heavy atom. The number of hydrogen-bond acceptors (Lipinski definition) is 2. The molecule has 1 aromatic rings. The van der Waals surface area contributed by atoms with Crippen LogP contribution in [-0.2, 0) is 0 Å². The first kappa shape index (κ1) is 14.1. The highest BCUT2D eigenvalue weighted by atomic mass is 79.9. The van der Waals surface area contributed by atoms with Crippen LogP contribution in [0.2, 0.25) is 0 Å². The zero-order valence-corrected chi connectivity index (χ0v) is 11.3. The predicted octanol–water partition coefficient (Wildman–Crippen LogP) is 3.45. The molecule has 2 N–H and O–H groups in total. The second kappa shape index (κ2) is 4.99. The number of amides is 2. The Morgan fingerprint density at radius 2 is 2.05 bits per heavy atom. The van der Waals surface area contributed by atoms with Gasteiger partial charge in [0.25, 0.3) is 0 Å². The van der Waals surface area contributed by atoms with E-state index in [4.69, 9.17) is 0 Å². The Bertz CT molecular complexity index is 488. The number of carbonyl (C=O) groups is 1. The van der Waals surface area contributed by atoms with Gasteiger partial charge in [-0.15, -0.1) is 0 Å². The molecule has 0 radical (unpaired) electrons. The van der Waals surface area contributed by atoms with E-state index in [0.29, 0.717) is 16.6 Å². The number of carbonyl (C=O) groups excluding carboxylic acids is 1. The quantitative estimate of drug-likeness (QED) is 0.868. The minimum absolute atomic E-state index is 0.0827. The molecule has 1 fully saturated rings. The van der Waals surface area contributed by atoms with Crippen LogP contribution < -0.4 is 10.6 Å². The lowest BCUT2D eigenvalue weighted by atomic mass is 9.76. The van der Waals surface area contributed by atoms with Gasteiger partial charge in [0.1, 0.15) is 5.54 Å². The fourth-order valence-electron chi connectivity index (χ4n) is 1.87. The molecule has 0 spiro atoms. The lowest BCUT2D eigenvalue weighted by Crippen LogP contribution is -2.63. The third kappa shape index (κ3) is 2.99. The zero-order chi connectivity index (χ0) is 14.1. The highest BCUT2D eigenvalue weighted by molar-refractivity contribution is 9.10.